The smallest absolute Gasteiger partial charge is 0.274 e. The summed E-state index contributed by atoms with van der Waals surface area (Å²) in [6, 6.07) is 7.37. The van der Waals surface area contributed by atoms with Crippen molar-refractivity contribution in [1.82, 2.24) is 10.5 Å². The summed E-state index contributed by atoms with van der Waals surface area (Å²) in [4.78, 5) is 11.8. The summed E-state index contributed by atoms with van der Waals surface area (Å²) < 4.78 is 5.09. The average Bonchev–Trinajstić information content (AvgIpc) is 2.78. The third-order valence-corrected chi connectivity index (χ3v) is 2.66. The van der Waals surface area contributed by atoms with Gasteiger partial charge in [-0.15, -0.1) is 0 Å². The number of aromatic nitrogens is 1. The van der Waals surface area contributed by atoms with E-state index in [1.54, 1.807) is 6.07 Å². The zero-order chi connectivity index (χ0) is 12.1. The third-order valence-electron chi connectivity index (χ3n) is 2.66. The Bertz CT molecular complexity index is 505. The highest BCUT2D eigenvalue weighted by Crippen LogP contribution is 2.17. The van der Waals surface area contributed by atoms with Gasteiger partial charge in [0.05, 0.1) is 5.39 Å². The molecule has 2 rings (SSSR count). The fourth-order valence-corrected chi connectivity index (χ4v) is 1.71. The van der Waals surface area contributed by atoms with Crippen LogP contribution in [0.5, 0.6) is 0 Å². The van der Waals surface area contributed by atoms with Crippen LogP contribution in [0.1, 0.15) is 36.7 Å². The number of hydrogen-bond donors (Lipinski definition) is 1. The topological polar surface area (TPSA) is 55.1 Å². The van der Waals surface area contributed by atoms with Crippen molar-refractivity contribution in [2.45, 2.75) is 26.2 Å². The number of benzene rings is 1. The number of nitrogens with zero attached hydrogens (tertiary/aromatic N) is 1. The molecule has 0 unspecified atom stereocenters. The number of para-hydroxylation sites is 1. The first-order valence-corrected chi connectivity index (χ1v) is 5.95. The van der Waals surface area contributed by atoms with Gasteiger partial charge in [0.2, 0.25) is 0 Å². The maximum atomic E-state index is 11.8. The Labute approximate surface area is 100.0 Å². The molecule has 0 atom stereocenters. The molecule has 90 valence electrons. The Balaban J connectivity index is 2.04. The molecule has 0 fully saturated rings. The predicted molar refractivity (Wildman–Crippen MR) is 65.9 cm³/mol. The van der Waals surface area contributed by atoms with Gasteiger partial charge in [0.25, 0.3) is 5.91 Å². The van der Waals surface area contributed by atoms with E-state index in [1.165, 1.54) is 0 Å². The van der Waals surface area contributed by atoms with E-state index in [1.807, 2.05) is 18.2 Å². The second kappa shape index (κ2) is 5.48. The quantitative estimate of drug-likeness (QED) is 0.806. The van der Waals surface area contributed by atoms with Crippen molar-refractivity contribution in [3.05, 3.63) is 30.0 Å². The van der Waals surface area contributed by atoms with E-state index in [9.17, 15) is 4.79 Å². The molecule has 0 saturated heterocycles. The van der Waals surface area contributed by atoms with Crippen molar-refractivity contribution < 1.29 is 9.32 Å². The number of nitrogens with one attached hydrogen (secondary N) is 1. The van der Waals surface area contributed by atoms with Gasteiger partial charge in [-0.2, -0.15) is 0 Å². The van der Waals surface area contributed by atoms with Crippen molar-refractivity contribution >= 4 is 16.9 Å². The fraction of sp³-hybridized carbons (Fsp3) is 0.385. The Morgan fingerprint density at radius 1 is 1.35 bits per heavy atom. The molecule has 2 aromatic rings. The van der Waals surface area contributed by atoms with E-state index in [2.05, 4.69) is 17.4 Å². The van der Waals surface area contributed by atoms with Crippen LogP contribution in [-0.4, -0.2) is 17.6 Å². The molecule has 1 N–H and O–H groups in total. The molecule has 0 spiro atoms. The summed E-state index contributed by atoms with van der Waals surface area (Å²) >= 11 is 0. The molecule has 4 nitrogen and oxygen atoms in total. The van der Waals surface area contributed by atoms with Crippen LogP contribution in [0.4, 0.5) is 0 Å². The Morgan fingerprint density at radius 2 is 2.18 bits per heavy atom. The van der Waals surface area contributed by atoms with Crippen LogP contribution >= 0.6 is 0 Å². The number of carbonyl (C=O) groups excluding carboxylic acids is 1. The number of unbranched alkanes of at least 4 members (excludes halogenated alkanes) is 2. The van der Waals surface area contributed by atoms with Crippen LogP contribution in [0.15, 0.2) is 28.8 Å². The van der Waals surface area contributed by atoms with Gasteiger partial charge < -0.3 is 9.84 Å². The number of carbonyl (C=O) groups is 1. The van der Waals surface area contributed by atoms with Crippen LogP contribution in [0.2, 0.25) is 0 Å². The molecule has 4 heteroatoms. The lowest BCUT2D eigenvalue weighted by atomic mass is 10.2. The van der Waals surface area contributed by atoms with Gasteiger partial charge in [-0.3, -0.25) is 4.79 Å². The summed E-state index contributed by atoms with van der Waals surface area (Å²) in [7, 11) is 0. The second-order valence-electron chi connectivity index (χ2n) is 3.99. The summed E-state index contributed by atoms with van der Waals surface area (Å²) in [6.07, 6.45) is 3.26. The third kappa shape index (κ3) is 2.64. The summed E-state index contributed by atoms with van der Waals surface area (Å²) in [5, 5.41) is 7.42. The van der Waals surface area contributed by atoms with Gasteiger partial charge in [-0.1, -0.05) is 37.1 Å². The maximum absolute atomic E-state index is 11.8. The number of rotatable bonds is 5. The minimum Gasteiger partial charge on any atom is -0.355 e. The van der Waals surface area contributed by atoms with Gasteiger partial charge in [0, 0.05) is 6.54 Å². The zero-order valence-corrected chi connectivity index (χ0v) is 9.90. The normalized spacial score (nSPS) is 10.6. The predicted octanol–water partition coefficient (Wildman–Crippen LogP) is 2.75. The van der Waals surface area contributed by atoms with Crippen molar-refractivity contribution in [2.75, 3.05) is 6.54 Å². The van der Waals surface area contributed by atoms with Gasteiger partial charge in [-0.25, -0.2) is 0 Å². The Kier molecular flexibility index (Phi) is 3.75. The number of hydrogen-bond acceptors (Lipinski definition) is 3. The Morgan fingerprint density at radius 3 is 3.00 bits per heavy atom. The van der Waals surface area contributed by atoms with Crippen molar-refractivity contribution in [2.24, 2.45) is 0 Å². The zero-order valence-electron chi connectivity index (χ0n) is 9.90. The molecule has 0 bridgehead atoms. The molecular formula is C13H16N2O2. The Hall–Kier alpha value is -1.84. The molecule has 1 amide bonds. The molecule has 1 aromatic heterocycles. The molecule has 0 aliphatic heterocycles. The van der Waals surface area contributed by atoms with Crippen LogP contribution in [0.25, 0.3) is 11.0 Å². The molecule has 17 heavy (non-hydrogen) atoms. The molecule has 0 saturated carbocycles. The lowest BCUT2D eigenvalue weighted by Crippen LogP contribution is -2.24. The summed E-state index contributed by atoms with van der Waals surface area (Å²) in [6.45, 7) is 2.82. The van der Waals surface area contributed by atoms with Gasteiger partial charge >= 0.3 is 0 Å². The lowest BCUT2D eigenvalue weighted by Gasteiger charge is -2.01. The van der Waals surface area contributed by atoms with Crippen molar-refractivity contribution in [3.8, 4) is 0 Å². The number of fused-ring (bicyclic) bond motifs is 1. The lowest BCUT2D eigenvalue weighted by molar-refractivity contribution is 0.0945. The van der Waals surface area contributed by atoms with E-state index in [0.717, 1.165) is 24.6 Å². The first-order chi connectivity index (χ1) is 8.33. The minimum atomic E-state index is -0.161. The highest BCUT2D eigenvalue weighted by atomic mass is 16.5. The van der Waals surface area contributed by atoms with E-state index >= 15 is 0 Å². The average molecular weight is 232 g/mol. The maximum Gasteiger partial charge on any atom is 0.274 e. The number of amides is 1. The van der Waals surface area contributed by atoms with E-state index in [-0.39, 0.29) is 5.91 Å². The first kappa shape index (κ1) is 11.6. The van der Waals surface area contributed by atoms with E-state index < -0.39 is 0 Å². The van der Waals surface area contributed by atoms with Gasteiger partial charge in [0.1, 0.15) is 0 Å². The van der Waals surface area contributed by atoms with Gasteiger partial charge in [0.15, 0.2) is 11.3 Å². The standard InChI is InChI=1S/C13H16N2O2/c1-2-3-6-9-14-13(16)12-10-7-4-5-8-11(10)17-15-12/h4-5,7-8H,2-3,6,9H2,1H3,(H,14,16). The van der Waals surface area contributed by atoms with E-state index in [0.29, 0.717) is 17.8 Å². The second-order valence-corrected chi connectivity index (χ2v) is 3.99. The van der Waals surface area contributed by atoms with Crippen LogP contribution in [0.3, 0.4) is 0 Å². The van der Waals surface area contributed by atoms with E-state index in [4.69, 9.17) is 4.52 Å². The molecule has 0 aliphatic carbocycles. The fourth-order valence-electron chi connectivity index (χ4n) is 1.71. The van der Waals surface area contributed by atoms with Gasteiger partial charge in [-0.05, 0) is 18.6 Å². The first-order valence-electron chi connectivity index (χ1n) is 5.95. The highest BCUT2D eigenvalue weighted by molar-refractivity contribution is 6.03. The molecule has 0 radical (unpaired) electrons. The molecule has 1 heterocycles. The SMILES string of the molecule is CCCCCNC(=O)c1noc2ccccc12. The molecule has 1 aromatic carbocycles. The highest BCUT2D eigenvalue weighted by Gasteiger charge is 2.14. The van der Waals surface area contributed by atoms with Crippen LogP contribution < -0.4 is 5.32 Å². The molecular weight excluding hydrogens is 216 g/mol. The summed E-state index contributed by atoms with van der Waals surface area (Å²) in [5.41, 5.74) is 1.02. The largest absolute Gasteiger partial charge is 0.355 e. The minimum absolute atomic E-state index is 0.161. The van der Waals surface area contributed by atoms with Crippen LogP contribution in [-0.2, 0) is 0 Å². The molecule has 0 aliphatic rings. The van der Waals surface area contributed by atoms with Crippen molar-refractivity contribution in [3.63, 3.8) is 0 Å². The summed E-state index contributed by atoms with van der Waals surface area (Å²) in [5.74, 6) is -0.161. The van der Waals surface area contributed by atoms with Crippen molar-refractivity contribution in [1.29, 1.82) is 0 Å². The van der Waals surface area contributed by atoms with Crippen LogP contribution in [0, 0.1) is 0 Å². The monoisotopic (exact) mass is 232 g/mol.